The summed E-state index contributed by atoms with van der Waals surface area (Å²) in [4.78, 5) is 12.5. The molecule has 0 saturated heterocycles. The summed E-state index contributed by atoms with van der Waals surface area (Å²) in [7, 11) is 0. The molecule has 0 aliphatic heterocycles. The number of carbonyl (C=O) groups is 1. The molecule has 2 unspecified atom stereocenters. The van der Waals surface area contributed by atoms with Gasteiger partial charge in [-0.1, -0.05) is 72.8 Å². The van der Waals surface area contributed by atoms with Gasteiger partial charge in [0.2, 0.25) is 0 Å². The molecule has 122 valence electrons. The molecule has 0 amide bonds. The summed E-state index contributed by atoms with van der Waals surface area (Å²) in [5, 5.41) is 23.4. The van der Waals surface area contributed by atoms with E-state index in [9.17, 15) is 15.0 Å². The Balaban J connectivity index is 1.67. The summed E-state index contributed by atoms with van der Waals surface area (Å²) in [5.74, 6) is -0.261. The first-order valence-corrected chi connectivity index (χ1v) is 8.07. The molecule has 1 fully saturated rings. The lowest BCUT2D eigenvalue weighted by Crippen LogP contribution is -2.10. The zero-order valence-corrected chi connectivity index (χ0v) is 13.2. The Morgan fingerprint density at radius 1 is 0.750 bits per heavy atom. The number of hydrogen-bond acceptors (Lipinski definition) is 3. The summed E-state index contributed by atoms with van der Waals surface area (Å²) in [6, 6.07) is 13.6. The maximum absolute atomic E-state index is 12.5. The van der Waals surface area contributed by atoms with Crippen molar-refractivity contribution >= 4 is 17.9 Å². The van der Waals surface area contributed by atoms with Gasteiger partial charge in [0, 0.05) is 11.8 Å². The molecule has 1 saturated carbocycles. The molecule has 0 heterocycles. The third-order valence-corrected chi connectivity index (χ3v) is 4.37. The van der Waals surface area contributed by atoms with Crippen LogP contribution in [0.3, 0.4) is 0 Å². The number of Topliss-reactive ketones (excluding diaryl/α,β-unsaturated/α-hetero) is 1. The average Bonchev–Trinajstić information content (AvgIpc) is 2.94. The third kappa shape index (κ3) is 3.57. The molecule has 0 bridgehead atoms. The van der Waals surface area contributed by atoms with E-state index < -0.39 is 0 Å². The smallest absolute Gasteiger partial charge is 0.146 e. The van der Waals surface area contributed by atoms with E-state index in [1.54, 1.807) is 36.4 Å². The minimum atomic E-state index is -0.165. The number of rotatable bonds is 4. The van der Waals surface area contributed by atoms with Gasteiger partial charge in [0.05, 0.1) is 0 Å². The second-order valence-electron chi connectivity index (χ2n) is 5.99. The van der Waals surface area contributed by atoms with Crippen molar-refractivity contribution in [3.05, 3.63) is 71.8 Å². The second-order valence-corrected chi connectivity index (χ2v) is 5.99. The molecule has 2 aromatic rings. The van der Waals surface area contributed by atoms with Crippen molar-refractivity contribution in [1.29, 1.82) is 0 Å². The number of hydrogen-bond donors (Lipinski definition) is 0. The number of ketones is 1. The van der Waals surface area contributed by atoms with Crippen LogP contribution in [-0.4, -0.2) is 5.78 Å². The molecule has 0 aromatic heterocycles. The van der Waals surface area contributed by atoms with Gasteiger partial charge in [0.15, 0.2) is 0 Å². The maximum atomic E-state index is 12.5. The van der Waals surface area contributed by atoms with Gasteiger partial charge < -0.3 is 10.2 Å². The summed E-state index contributed by atoms with van der Waals surface area (Å²) in [6.07, 6.45) is 8.67. The number of para-hydroxylation sites is 2. The van der Waals surface area contributed by atoms with Gasteiger partial charge in [0.25, 0.3) is 0 Å². The van der Waals surface area contributed by atoms with Crippen LogP contribution in [0.5, 0.6) is 11.5 Å². The summed E-state index contributed by atoms with van der Waals surface area (Å²) in [5.41, 5.74) is 1.20. The summed E-state index contributed by atoms with van der Waals surface area (Å²) >= 11 is 0. The van der Waals surface area contributed by atoms with E-state index >= 15 is 0 Å². The zero-order valence-electron chi connectivity index (χ0n) is 13.2. The molecule has 2 aromatic carbocycles. The fourth-order valence-electron chi connectivity index (χ4n) is 2.98. The minimum Gasteiger partial charge on any atom is -0.872 e. The van der Waals surface area contributed by atoms with Crippen LogP contribution in [0.2, 0.25) is 0 Å². The number of carbonyl (C=O) groups excluding carboxylic acids is 1. The SMILES string of the molecule is O=C1C(C=Cc2ccccc2[O-])CCC1C=Cc1ccccc1[O-]. The lowest BCUT2D eigenvalue weighted by Gasteiger charge is -2.10. The van der Waals surface area contributed by atoms with Gasteiger partial charge in [0.1, 0.15) is 5.78 Å². The first-order valence-electron chi connectivity index (χ1n) is 8.07. The highest BCUT2D eigenvalue weighted by Gasteiger charge is 2.30. The Hall–Kier alpha value is -2.81. The Kier molecular flexibility index (Phi) is 4.80. The maximum Gasteiger partial charge on any atom is 0.146 e. The van der Waals surface area contributed by atoms with Crippen LogP contribution in [0.15, 0.2) is 60.7 Å². The van der Waals surface area contributed by atoms with Crippen molar-refractivity contribution in [2.75, 3.05) is 0 Å². The van der Waals surface area contributed by atoms with E-state index in [1.807, 2.05) is 24.3 Å². The Labute approximate surface area is 141 Å². The largest absolute Gasteiger partial charge is 0.872 e. The molecule has 3 nitrogen and oxygen atoms in total. The second kappa shape index (κ2) is 7.18. The quantitative estimate of drug-likeness (QED) is 0.870. The topological polar surface area (TPSA) is 63.2 Å². The summed E-state index contributed by atoms with van der Waals surface area (Å²) in [6.45, 7) is 0. The van der Waals surface area contributed by atoms with E-state index in [0.29, 0.717) is 11.1 Å². The fourth-order valence-corrected chi connectivity index (χ4v) is 2.98. The van der Waals surface area contributed by atoms with Crippen molar-refractivity contribution in [3.8, 4) is 11.5 Å². The molecule has 3 heteroatoms. The van der Waals surface area contributed by atoms with Crippen LogP contribution < -0.4 is 10.2 Å². The van der Waals surface area contributed by atoms with E-state index in [4.69, 9.17) is 0 Å². The molecule has 0 radical (unpaired) electrons. The average molecular weight is 318 g/mol. The molecular formula is C21H18O3-2. The van der Waals surface area contributed by atoms with Crippen molar-refractivity contribution in [1.82, 2.24) is 0 Å². The van der Waals surface area contributed by atoms with Crippen molar-refractivity contribution in [2.24, 2.45) is 11.8 Å². The molecule has 0 spiro atoms. The van der Waals surface area contributed by atoms with E-state index in [2.05, 4.69) is 0 Å². The van der Waals surface area contributed by atoms with Crippen LogP contribution in [0.4, 0.5) is 0 Å². The minimum absolute atomic E-state index is 0.0392. The van der Waals surface area contributed by atoms with Gasteiger partial charge in [-0.2, -0.15) is 0 Å². The Morgan fingerprint density at radius 3 is 1.58 bits per heavy atom. The molecular weight excluding hydrogens is 300 g/mol. The molecule has 0 N–H and O–H groups in total. The fraction of sp³-hybridized carbons (Fsp3) is 0.190. The highest BCUT2D eigenvalue weighted by molar-refractivity contribution is 5.90. The van der Waals surface area contributed by atoms with E-state index in [1.165, 1.54) is 12.1 Å². The van der Waals surface area contributed by atoms with E-state index in [-0.39, 0.29) is 29.1 Å². The van der Waals surface area contributed by atoms with Gasteiger partial charge in [-0.05, 0) is 24.0 Å². The van der Waals surface area contributed by atoms with Crippen LogP contribution in [0, 0.1) is 11.8 Å². The Bertz CT molecular complexity index is 724. The Morgan fingerprint density at radius 2 is 1.17 bits per heavy atom. The van der Waals surface area contributed by atoms with Crippen LogP contribution in [0.1, 0.15) is 24.0 Å². The monoisotopic (exact) mass is 318 g/mol. The molecule has 24 heavy (non-hydrogen) atoms. The highest BCUT2D eigenvalue weighted by atomic mass is 16.3. The number of benzene rings is 2. The van der Waals surface area contributed by atoms with Crippen molar-refractivity contribution in [3.63, 3.8) is 0 Å². The first kappa shape index (κ1) is 16.1. The standard InChI is InChI=1S/C21H20O3/c22-19-7-3-1-5-15(19)9-11-17-13-14-18(21(17)24)12-10-16-6-2-4-8-20(16)23/h1-12,17-18,22-23H,13-14H2/p-2. The first-order chi connectivity index (χ1) is 11.6. The van der Waals surface area contributed by atoms with Crippen molar-refractivity contribution < 1.29 is 15.0 Å². The van der Waals surface area contributed by atoms with Crippen LogP contribution in [0.25, 0.3) is 12.2 Å². The predicted octanol–water partition coefficient (Wildman–Crippen LogP) is 3.16. The molecule has 3 rings (SSSR count). The molecule has 2 atom stereocenters. The normalized spacial score (nSPS) is 21.1. The van der Waals surface area contributed by atoms with Gasteiger partial charge in [-0.15, -0.1) is 11.5 Å². The van der Waals surface area contributed by atoms with Gasteiger partial charge >= 0.3 is 0 Å². The van der Waals surface area contributed by atoms with Crippen LogP contribution >= 0.6 is 0 Å². The zero-order chi connectivity index (χ0) is 16.9. The predicted molar refractivity (Wildman–Crippen MR) is 91.1 cm³/mol. The van der Waals surface area contributed by atoms with Crippen LogP contribution in [-0.2, 0) is 4.79 Å². The van der Waals surface area contributed by atoms with Gasteiger partial charge in [-0.25, -0.2) is 0 Å². The molecule has 1 aliphatic carbocycles. The third-order valence-electron chi connectivity index (χ3n) is 4.37. The highest BCUT2D eigenvalue weighted by Crippen LogP contribution is 2.31. The van der Waals surface area contributed by atoms with E-state index in [0.717, 1.165) is 12.8 Å². The van der Waals surface area contributed by atoms with Gasteiger partial charge in [-0.3, -0.25) is 4.79 Å². The van der Waals surface area contributed by atoms with Crippen molar-refractivity contribution in [2.45, 2.75) is 12.8 Å². The number of allylic oxidation sites excluding steroid dienone is 2. The lowest BCUT2D eigenvalue weighted by molar-refractivity contribution is -0.269. The summed E-state index contributed by atoms with van der Waals surface area (Å²) < 4.78 is 0. The lowest BCUT2D eigenvalue weighted by atomic mass is 10.00. The molecule has 1 aliphatic rings.